The van der Waals surface area contributed by atoms with Crippen LogP contribution >= 0.6 is 0 Å². The van der Waals surface area contributed by atoms with Crippen LogP contribution in [0.4, 0.5) is 0 Å². The highest BCUT2D eigenvalue weighted by Crippen LogP contribution is 2.87. The van der Waals surface area contributed by atoms with Crippen molar-refractivity contribution in [1.82, 2.24) is 5.01 Å². The predicted octanol–water partition coefficient (Wildman–Crippen LogP) is 5.94. The van der Waals surface area contributed by atoms with Crippen molar-refractivity contribution in [3.8, 4) is 0 Å². The van der Waals surface area contributed by atoms with Gasteiger partial charge in [0.2, 0.25) is 0 Å². The molecule has 2 spiro atoms. The van der Waals surface area contributed by atoms with Crippen molar-refractivity contribution in [2.45, 2.75) is 106 Å². The molecule has 0 aromatic heterocycles. The van der Waals surface area contributed by atoms with Crippen molar-refractivity contribution < 1.29 is 28.7 Å². The van der Waals surface area contributed by atoms with Gasteiger partial charge in [-0.25, -0.2) is 0 Å². The maximum atomic E-state index is 14.1. The number of carbonyl (C=O) groups is 4. The van der Waals surface area contributed by atoms with Gasteiger partial charge in [0.05, 0.1) is 6.21 Å². The molecule has 4 saturated carbocycles. The van der Waals surface area contributed by atoms with Crippen LogP contribution in [-0.2, 0) is 28.7 Å². The van der Waals surface area contributed by atoms with Crippen LogP contribution in [0, 0.1) is 51.2 Å². The van der Waals surface area contributed by atoms with Crippen LogP contribution in [0.15, 0.2) is 28.4 Å². The summed E-state index contributed by atoms with van der Waals surface area (Å²) in [7, 11) is 3.62. The van der Waals surface area contributed by atoms with Gasteiger partial charge in [0.15, 0.2) is 17.7 Å². The SMILES string of the molecule is CC(=O)O[C@H]1C[C@@]2(C)[C@@H]3CC[C@H]4[C@H](C)C(=O)C=C[C@@]45C[C@@]35CC[C@]2(C)[C@H]1[C@H](C)[C@@H](OC(C)=O)C(=O)/C(C)=C(C)/C=N/N(C)C. The van der Waals surface area contributed by atoms with Crippen LogP contribution in [0.25, 0.3) is 0 Å². The zero-order chi connectivity index (χ0) is 32.6. The van der Waals surface area contributed by atoms with Crippen molar-refractivity contribution in [1.29, 1.82) is 0 Å². The van der Waals surface area contributed by atoms with Gasteiger partial charge in [0, 0.05) is 51.3 Å². The quantitative estimate of drug-likeness (QED) is 0.145. The van der Waals surface area contributed by atoms with E-state index >= 15 is 0 Å². The third-order valence-corrected chi connectivity index (χ3v) is 13.4. The van der Waals surface area contributed by atoms with Crippen LogP contribution in [0.5, 0.6) is 0 Å². The average Bonchev–Trinajstić information content (AvgIpc) is 3.55. The Morgan fingerprint density at radius 2 is 1.73 bits per heavy atom. The van der Waals surface area contributed by atoms with Crippen molar-refractivity contribution in [2.24, 2.45) is 56.4 Å². The highest BCUT2D eigenvalue weighted by molar-refractivity contribution is 6.04. The number of esters is 2. The van der Waals surface area contributed by atoms with Crippen LogP contribution in [0.1, 0.15) is 93.9 Å². The Hall–Kier alpha value is -2.77. The number of hydrogen-bond acceptors (Lipinski definition) is 8. The lowest BCUT2D eigenvalue weighted by atomic mass is 9.43. The minimum Gasteiger partial charge on any atom is -0.462 e. The Balaban J connectivity index is 1.54. The summed E-state index contributed by atoms with van der Waals surface area (Å²) in [4.78, 5) is 51.8. The Labute approximate surface area is 263 Å². The molecule has 5 rings (SSSR count). The van der Waals surface area contributed by atoms with Gasteiger partial charge < -0.3 is 14.5 Å². The van der Waals surface area contributed by atoms with Gasteiger partial charge >= 0.3 is 11.9 Å². The number of rotatable bonds is 8. The summed E-state index contributed by atoms with van der Waals surface area (Å²) in [5.74, 6) is -0.522. The van der Waals surface area contributed by atoms with Crippen LogP contribution < -0.4 is 0 Å². The van der Waals surface area contributed by atoms with Gasteiger partial charge in [-0.05, 0) is 97.5 Å². The van der Waals surface area contributed by atoms with E-state index in [1.165, 1.54) is 13.8 Å². The molecule has 0 aliphatic heterocycles. The molecule has 0 bridgehead atoms. The fraction of sp³-hybridized carbons (Fsp3) is 0.750. The monoisotopic (exact) mass is 608 g/mol. The average molecular weight is 609 g/mol. The fourth-order valence-electron chi connectivity index (χ4n) is 11.1. The lowest BCUT2D eigenvalue weighted by molar-refractivity contribution is -0.166. The summed E-state index contributed by atoms with van der Waals surface area (Å²) in [5.41, 5.74) is 1.03. The minimum atomic E-state index is -1.01. The maximum absolute atomic E-state index is 14.1. The molecular formula is C36H52N2O6. The van der Waals surface area contributed by atoms with E-state index in [9.17, 15) is 19.2 Å². The largest absolute Gasteiger partial charge is 0.462 e. The van der Waals surface area contributed by atoms with Gasteiger partial charge in [-0.1, -0.05) is 33.8 Å². The van der Waals surface area contributed by atoms with Crippen LogP contribution in [0.2, 0.25) is 0 Å². The first-order valence-electron chi connectivity index (χ1n) is 16.5. The molecule has 0 radical (unpaired) electrons. The summed E-state index contributed by atoms with van der Waals surface area (Å²) >= 11 is 0. The van der Waals surface area contributed by atoms with Gasteiger partial charge in [0.1, 0.15) is 6.10 Å². The number of Topliss-reactive ketones (excluding diaryl/α,β-unsaturated/α-hetero) is 1. The molecule has 8 nitrogen and oxygen atoms in total. The Kier molecular flexibility index (Phi) is 8.11. The molecule has 5 aliphatic carbocycles. The van der Waals surface area contributed by atoms with E-state index in [0.29, 0.717) is 29.4 Å². The standard InChI is InChI=1S/C36H52N2O6/c1-20(18-37-38(9)10)21(2)31(42)32(44-25(6)40)23(4)30-28(43-24(5)39)17-34(8)29-12-11-26-22(3)27(41)13-14-35(26)19-36(29,35)16-15-33(30,34)7/h13-14,18,22-23,26,28-30,32H,11-12,15-17,19H2,1-10H3/b21-20+,37-18+/t22-,23-,26-,28-,29-,30-,32+,33+,34-,35+,36-/m0/s1. The van der Waals surface area contributed by atoms with Crippen LogP contribution in [0.3, 0.4) is 0 Å². The lowest BCUT2D eigenvalue weighted by Gasteiger charge is -2.61. The number of hydrogen-bond donors (Lipinski definition) is 0. The van der Waals surface area contributed by atoms with Crippen molar-refractivity contribution in [3.63, 3.8) is 0 Å². The van der Waals surface area contributed by atoms with Gasteiger partial charge in [0.25, 0.3) is 0 Å². The Morgan fingerprint density at radius 1 is 1.05 bits per heavy atom. The van der Waals surface area contributed by atoms with Crippen molar-refractivity contribution in [3.05, 3.63) is 23.3 Å². The van der Waals surface area contributed by atoms with E-state index in [0.717, 1.165) is 32.1 Å². The molecule has 0 aromatic carbocycles. The molecule has 242 valence electrons. The van der Waals surface area contributed by atoms with E-state index < -0.39 is 18.2 Å². The maximum Gasteiger partial charge on any atom is 0.303 e. The van der Waals surface area contributed by atoms with Gasteiger partial charge in [-0.2, -0.15) is 5.10 Å². The molecule has 0 aromatic rings. The third-order valence-electron chi connectivity index (χ3n) is 13.4. The summed E-state index contributed by atoms with van der Waals surface area (Å²) in [5, 5.41) is 5.94. The second-order valence-electron chi connectivity index (χ2n) is 15.5. The first kappa shape index (κ1) is 32.6. The number of ketones is 2. The van der Waals surface area contributed by atoms with E-state index in [-0.39, 0.29) is 56.9 Å². The molecule has 11 atom stereocenters. The lowest BCUT2D eigenvalue weighted by Crippen LogP contribution is -2.56. The molecule has 0 N–H and O–H groups in total. The second kappa shape index (κ2) is 10.9. The molecule has 44 heavy (non-hydrogen) atoms. The fourth-order valence-corrected chi connectivity index (χ4v) is 11.1. The topological polar surface area (TPSA) is 102 Å². The van der Waals surface area contributed by atoms with Crippen molar-refractivity contribution >= 4 is 29.7 Å². The molecule has 0 amide bonds. The van der Waals surface area contributed by atoms with Gasteiger partial charge in [-0.15, -0.1) is 0 Å². The highest BCUT2D eigenvalue weighted by atomic mass is 16.6. The van der Waals surface area contributed by atoms with E-state index in [4.69, 9.17) is 9.47 Å². The number of ether oxygens (including phenoxy) is 2. The van der Waals surface area contributed by atoms with Crippen molar-refractivity contribution in [2.75, 3.05) is 14.1 Å². The zero-order valence-corrected chi connectivity index (χ0v) is 28.4. The normalized spacial score (nSPS) is 42.2. The second-order valence-corrected chi connectivity index (χ2v) is 15.5. The Morgan fingerprint density at radius 3 is 2.34 bits per heavy atom. The highest BCUT2D eigenvalue weighted by Gasteiger charge is 2.81. The molecule has 5 aliphatic rings. The van der Waals surface area contributed by atoms with Gasteiger partial charge in [-0.3, -0.25) is 19.2 Å². The summed E-state index contributed by atoms with van der Waals surface area (Å²) in [6.45, 7) is 15.2. The number of hydrazone groups is 1. The smallest absolute Gasteiger partial charge is 0.303 e. The molecule has 0 heterocycles. The zero-order valence-electron chi connectivity index (χ0n) is 28.4. The molecule has 0 saturated heterocycles. The summed E-state index contributed by atoms with van der Waals surface area (Å²) < 4.78 is 12.0. The Bertz CT molecular complexity index is 1350. The number of nitrogens with zero attached hydrogens (tertiary/aromatic N) is 2. The first-order chi connectivity index (χ1) is 20.5. The van der Waals surface area contributed by atoms with E-state index in [2.05, 4.69) is 31.9 Å². The molecule has 8 heteroatoms. The number of fused-ring (bicyclic) bond motifs is 2. The first-order valence-corrected chi connectivity index (χ1v) is 16.5. The predicted molar refractivity (Wildman–Crippen MR) is 168 cm³/mol. The van der Waals surface area contributed by atoms with E-state index in [1.54, 1.807) is 18.1 Å². The number of allylic oxidation sites excluding steroid dienone is 3. The third kappa shape index (κ3) is 4.63. The number of carbonyl (C=O) groups excluding carboxylic acids is 4. The molecule has 4 fully saturated rings. The summed E-state index contributed by atoms with van der Waals surface area (Å²) in [6.07, 6.45) is 10.3. The summed E-state index contributed by atoms with van der Waals surface area (Å²) in [6, 6.07) is 0. The van der Waals surface area contributed by atoms with E-state index in [1.807, 2.05) is 34.0 Å². The molecular weight excluding hydrogens is 556 g/mol. The molecule has 0 unspecified atom stereocenters. The van der Waals surface area contributed by atoms with Crippen LogP contribution in [-0.4, -0.2) is 61.0 Å². The minimum absolute atomic E-state index is 0.0598.